The largest absolute Gasteiger partial charge is 0.338 e. The highest BCUT2D eigenvalue weighted by molar-refractivity contribution is 5.74. The van der Waals surface area contributed by atoms with E-state index >= 15 is 0 Å². The van der Waals surface area contributed by atoms with Gasteiger partial charge in [0, 0.05) is 38.4 Å². The Kier molecular flexibility index (Phi) is 4.43. The first-order chi connectivity index (χ1) is 10.2. The van der Waals surface area contributed by atoms with Crippen molar-refractivity contribution < 1.29 is 4.79 Å². The fourth-order valence-electron chi connectivity index (χ4n) is 3.56. The van der Waals surface area contributed by atoms with Gasteiger partial charge in [-0.2, -0.15) is 5.10 Å². The molecule has 0 aliphatic carbocycles. The van der Waals surface area contributed by atoms with Crippen LogP contribution in [0.15, 0.2) is 12.4 Å². The Labute approximate surface area is 125 Å². The van der Waals surface area contributed by atoms with Crippen molar-refractivity contribution in [2.24, 2.45) is 7.05 Å². The highest BCUT2D eigenvalue weighted by Crippen LogP contribution is 2.26. The number of aromatic nitrogens is 2. The van der Waals surface area contributed by atoms with E-state index in [1.54, 1.807) is 4.68 Å². The smallest absolute Gasteiger partial charge is 0.315 e. The van der Waals surface area contributed by atoms with Crippen LogP contribution in [0.3, 0.4) is 0 Å². The Bertz CT molecular complexity index is 486. The lowest BCUT2D eigenvalue weighted by Gasteiger charge is -2.32. The van der Waals surface area contributed by atoms with E-state index in [4.69, 9.17) is 0 Å². The van der Waals surface area contributed by atoms with Gasteiger partial charge < -0.3 is 10.6 Å². The summed E-state index contributed by atoms with van der Waals surface area (Å²) in [7, 11) is 1.90. The molecule has 0 radical (unpaired) electrons. The maximum absolute atomic E-state index is 12.0. The molecular formula is C15H25N5O. The molecule has 2 atom stereocenters. The van der Waals surface area contributed by atoms with Gasteiger partial charge in [-0.25, -0.2) is 4.79 Å². The van der Waals surface area contributed by atoms with E-state index in [0.29, 0.717) is 18.6 Å². The molecule has 0 spiro atoms. The Balaban J connectivity index is 1.40. The predicted molar refractivity (Wildman–Crippen MR) is 81.1 cm³/mol. The van der Waals surface area contributed by atoms with Crippen molar-refractivity contribution in [2.75, 3.05) is 19.6 Å². The van der Waals surface area contributed by atoms with Crippen molar-refractivity contribution in [2.45, 2.75) is 44.2 Å². The summed E-state index contributed by atoms with van der Waals surface area (Å²) < 4.78 is 1.78. The second kappa shape index (κ2) is 6.47. The first kappa shape index (κ1) is 14.4. The predicted octanol–water partition coefficient (Wildman–Crippen LogP) is 0.889. The molecule has 2 amide bonds. The number of nitrogens with zero attached hydrogens (tertiary/aromatic N) is 3. The molecule has 2 saturated heterocycles. The second-order valence-electron chi connectivity index (χ2n) is 6.17. The van der Waals surface area contributed by atoms with Crippen LogP contribution in [0.4, 0.5) is 4.79 Å². The van der Waals surface area contributed by atoms with Crippen molar-refractivity contribution in [3.8, 4) is 0 Å². The van der Waals surface area contributed by atoms with Gasteiger partial charge in [0.25, 0.3) is 0 Å². The van der Waals surface area contributed by atoms with E-state index in [2.05, 4.69) is 20.6 Å². The van der Waals surface area contributed by atoms with Crippen molar-refractivity contribution in [1.29, 1.82) is 0 Å². The zero-order valence-electron chi connectivity index (χ0n) is 12.7. The van der Waals surface area contributed by atoms with Crippen LogP contribution in [0.1, 0.15) is 31.2 Å². The molecule has 0 saturated carbocycles. The molecule has 1 aromatic rings. The molecule has 2 fully saturated rings. The lowest BCUT2D eigenvalue weighted by molar-refractivity contribution is 0.179. The number of amides is 2. The monoisotopic (exact) mass is 291 g/mol. The first-order valence-electron chi connectivity index (χ1n) is 7.98. The number of carbonyl (C=O) groups excluding carboxylic acids is 1. The Morgan fingerprint density at radius 3 is 3.10 bits per heavy atom. The van der Waals surface area contributed by atoms with Gasteiger partial charge in [-0.3, -0.25) is 9.58 Å². The molecule has 6 heteroatoms. The molecule has 1 aromatic heterocycles. The van der Waals surface area contributed by atoms with E-state index in [-0.39, 0.29) is 6.03 Å². The molecule has 0 bridgehead atoms. The maximum Gasteiger partial charge on any atom is 0.315 e. The molecule has 6 nitrogen and oxygen atoms in total. The Hall–Kier alpha value is -1.56. The van der Waals surface area contributed by atoms with Crippen LogP contribution >= 0.6 is 0 Å². The second-order valence-corrected chi connectivity index (χ2v) is 6.17. The Morgan fingerprint density at radius 1 is 1.38 bits per heavy atom. The molecule has 0 aromatic carbocycles. The van der Waals surface area contributed by atoms with E-state index < -0.39 is 0 Å². The number of rotatable bonds is 4. The van der Waals surface area contributed by atoms with Gasteiger partial charge in [-0.15, -0.1) is 0 Å². The third-order valence-corrected chi connectivity index (χ3v) is 4.63. The Morgan fingerprint density at radius 2 is 2.29 bits per heavy atom. The fraction of sp³-hybridized carbons (Fsp3) is 0.733. The average Bonchev–Trinajstić information content (AvgIpc) is 3.06. The standard InChI is InChI=1S/C15H25N5O/c1-19-11-12(10-17-19)5-7-16-15(21)18-13-6-9-20-8-3-2-4-14(13)20/h10-11,13-14H,2-9H2,1H3,(H2,16,18,21)/t13-,14-/m1/s1. The summed E-state index contributed by atoms with van der Waals surface area (Å²) in [4.78, 5) is 14.5. The summed E-state index contributed by atoms with van der Waals surface area (Å²) in [5.74, 6) is 0. The van der Waals surface area contributed by atoms with Crippen LogP contribution in [0.5, 0.6) is 0 Å². The van der Waals surface area contributed by atoms with Crippen molar-refractivity contribution in [3.05, 3.63) is 18.0 Å². The van der Waals surface area contributed by atoms with E-state index in [0.717, 1.165) is 24.9 Å². The van der Waals surface area contributed by atoms with Crippen LogP contribution in [0.2, 0.25) is 0 Å². The average molecular weight is 291 g/mol. The number of hydrogen-bond donors (Lipinski definition) is 2. The summed E-state index contributed by atoms with van der Waals surface area (Å²) in [6.45, 7) is 2.98. The van der Waals surface area contributed by atoms with Crippen LogP contribution in [-0.2, 0) is 13.5 Å². The van der Waals surface area contributed by atoms with Gasteiger partial charge in [0.05, 0.1) is 6.20 Å². The molecule has 116 valence electrons. The van der Waals surface area contributed by atoms with Gasteiger partial charge >= 0.3 is 6.03 Å². The SMILES string of the molecule is Cn1cc(CCNC(=O)N[C@@H]2CCN3CCCC[C@H]23)cn1. The molecule has 2 aliphatic rings. The molecule has 3 rings (SSSR count). The number of piperidine rings is 1. The van der Waals surface area contributed by atoms with Crippen LogP contribution in [-0.4, -0.2) is 52.4 Å². The van der Waals surface area contributed by atoms with Crippen molar-refractivity contribution in [3.63, 3.8) is 0 Å². The number of fused-ring (bicyclic) bond motifs is 1. The van der Waals surface area contributed by atoms with Crippen molar-refractivity contribution in [1.82, 2.24) is 25.3 Å². The van der Waals surface area contributed by atoms with Gasteiger partial charge in [0.15, 0.2) is 0 Å². The number of urea groups is 1. The molecule has 2 N–H and O–H groups in total. The van der Waals surface area contributed by atoms with Crippen molar-refractivity contribution >= 4 is 6.03 Å². The number of nitrogens with one attached hydrogen (secondary N) is 2. The quantitative estimate of drug-likeness (QED) is 0.866. The number of hydrogen-bond acceptors (Lipinski definition) is 3. The summed E-state index contributed by atoms with van der Waals surface area (Å²) in [5, 5.41) is 10.2. The number of aryl methyl sites for hydroxylation is 1. The third-order valence-electron chi connectivity index (χ3n) is 4.63. The minimum absolute atomic E-state index is 0.0312. The normalized spacial score (nSPS) is 25.6. The highest BCUT2D eigenvalue weighted by Gasteiger charge is 2.36. The molecular weight excluding hydrogens is 266 g/mol. The fourth-order valence-corrected chi connectivity index (χ4v) is 3.56. The van der Waals surface area contributed by atoms with E-state index in [9.17, 15) is 4.79 Å². The van der Waals surface area contributed by atoms with Gasteiger partial charge in [-0.1, -0.05) is 6.42 Å². The molecule has 0 unspecified atom stereocenters. The molecule has 2 aliphatic heterocycles. The van der Waals surface area contributed by atoms with E-state index in [1.165, 1.54) is 25.8 Å². The third kappa shape index (κ3) is 3.56. The van der Waals surface area contributed by atoms with Gasteiger partial charge in [0.1, 0.15) is 0 Å². The summed E-state index contributed by atoms with van der Waals surface area (Å²) in [6, 6.07) is 0.850. The molecule has 3 heterocycles. The topological polar surface area (TPSA) is 62.2 Å². The minimum atomic E-state index is -0.0312. The van der Waals surface area contributed by atoms with Crippen LogP contribution in [0, 0.1) is 0 Å². The zero-order valence-corrected chi connectivity index (χ0v) is 12.7. The summed E-state index contributed by atoms with van der Waals surface area (Å²) in [5.41, 5.74) is 1.15. The number of carbonyl (C=O) groups is 1. The first-order valence-corrected chi connectivity index (χ1v) is 7.98. The summed E-state index contributed by atoms with van der Waals surface area (Å²) in [6.07, 6.45) is 9.55. The lowest BCUT2D eigenvalue weighted by Crippen LogP contribution is -2.49. The van der Waals surface area contributed by atoms with E-state index in [1.807, 2.05) is 19.4 Å². The molecule has 21 heavy (non-hydrogen) atoms. The minimum Gasteiger partial charge on any atom is -0.338 e. The van der Waals surface area contributed by atoms with Crippen LogP contribution in [0.25, 0.3) is 0 Å². The van der Waals surface area contributed by atoms with Gasteiger partial charge in [0.2, 0.25) is 0 Å². The highest BCUT2D eigenvalue weighted by atomic mass is 16.2. The zero-order chi connectivity index (χ0) is 14.7. The maximum atomic E-state index is 12.0. The summed E-state index contributed by atoms with van der Waals surface area (Å²) >= 11 is 0. The lowest BCUT2D eigenvalue weighted by atomic mass is 9.99. The van der Waals surface area contributed by atoms with Gasteiger partial charge in [-0.05, 0) is 37.8 Å². The van der Waals surface area contributed by atoms with Crippen LogP contribution < -0.4 is 10.6 Å².